The molecule has 0 radical (unpaired) electrons. The Morgan fingerprint density at radius 1 is 1.00 bits per heavy atom. The summed E-state index contributed by atoms with van der Waals surface area (Å²) < 4.78 is 10.8. The predicted molar refractivity (Wildman–Crippen MR) is 108 cm³/mol. The van der Waals surface area contributed by atoms with Crippen LogP contribution in [0.2, 0.25) is 0 Å². The average Bonchev–Trinajstić information content (AvgIpc) is 2.68. The fourth-order valence-corrected chi connectivity index (χ4v) is 3.81. The van der Waals surface area contributed by atoms with E-state index in [0.29, 0.717) is 6.61 Å². The average molecular weight is 372 g/mol. The lowest BCUT2D eigenvalue weighted by molar-refractivity contribution is -0.903. The van der Waals surface area contributed by atoms with Crippen LogP contribution in [0.5, 0.6) is 11.5 Å². The molecule has 0 bridgehead atoms. The van der Waals surface area contributed by atoms with Gasteiger partial charge in [0.2, 0.25) is 0 Å². The van der Waals surface area contributed by atoms with Gasteiger partial charge in [-0.1, -0.05) is 18.2 Å². The first-order chi connectivity index (χ1) is 13.1. The third-order valence-electron chi connectivity index (χ3n) is 5.25. The van der Waals surface area contributed by atoms with Gasteiger partial charge in [-0.2, -0.15) is 0 Å². The second kappa shape index (κ2) is 9.11. The van der Waals surface area contributed by atoms with Crippen molar-refractivity contribution in [3.63, 3.8) is 0 Å². The third kappa shape index (κ3) is 5.15. The lowest BCUT2D eigenvalue weighted by Crippen LogP contribution is -3.16. The molecular weight excluding hydrogens is 340 g/mol. The van der Waals surface area contributed by atoms with Crippen molar-refractivity contribution in [2.45, 2.75) is 20.0 Å². The minimum absolute atomic E-state index is 0.316. The maximum Gasteiger partial charge on any atom is 0.137 e. The first-order valence-electron chi connectivity index (χ1n) is 9.66. The lowest BCUT2D eigenvalue weighted by atomic mass is 10.1. The second-order valence-corrected chi connectivity index (χ2v) is 7.32. The molecule has 1 saturated heterocycles. The maximum atomic E-state index is 10.4. The molecule has 1 fully saturated rings. The minimum Gasteiger partial charge on any atom is -0.497 e. The number of hydrogen-bond acceptors (Lipinski definition) is 4. The third-order valence-corrected chi connectivity index (χ3v) is 5.25. The van der Waals surface area contributed by atoms with Gasteiger partial charge < -0.3 is 24.4 Å². The number of nitrogens with zero attached hydrogens (tertiary/aromatic N) is 1. The summed E-state index contributed by atoms with van der Waals surface area (Å²) in [4.78, 5) is 3.91. The summed E-state index contributed by atoms with van der Waals surface area (Å²) in [7, 11) is 1.64. The predicted octanol–water partition coefficient (Wildman–Crippen LogP) is 1.46. The van der Waals surface area contributed by atoms with Crippen molar-refractivity contribution in [3.8, 4) is 11.5 Å². The topological polar surface area (TPSA) is 46.4 Å². The van der Waals surface area contributed by atoms with E-state index in [2.05, 4.69) is 36.9 Å². The van der Waals surface area contributed by atoms with Crippen molar-refractivity contribution in [3.05, 3.63) is 53.6 Å². The first kappa shape index (κ1) is 19.5. The first-order valence-corrected chi connectivity index (χ1v) is 9.66. The number of hydrogen-bond donors (Lipinski definition) is 2. The van der Waals surface area contributed by atoms with Crippen molar-refractivity contribution in [1.82, 2.24) is 0 Å². The molecule has 1 aliphatic heterocycles. The fraction of sp³-hybridized carbons (Fsp3) is 0.455. The number of quaternary nitrogens is 1. The van der Waals surface area contributed by atoms with Gasteiger partial charge in [0.05, 0.1) is 33.3 Å². The molecule has 5 heteroatoms. The monoisotopic (exact) mass is 371 g/mol. The number of para-hydroxylation sites is 1. The minimum atomic E-state index is -0.464. The molecule has 3 rings (SSSR count). The Bertz CT molecular complexity index is 705. The van der Waals surface area contributed by atoms with E-state index >= 15 is 0 Å². The highest BCUT2D eigenvalue weighted by Gasteiger charge is 2.24. The van der Waals surface area contributed by atoms with Crippen LogP contribution < -0.4 is 19.3 Å². The van der Waals surface area contributed by atoms with Crippen LogP contribution >= 0.6 is 0 Å². The largest absolute Gasteiger partial charge is 0.497 e. The molecule has 2 N–H and O–H groups in total. The molecule has 2 aromatic carbocycles. The molecule has 1 heterocycles. The normalized spacial score (nSPS) is 16.2. The van der Waals surface area contributed by atoms with Gasteiger partial charge in [-0.05, 0) is 49.2 Å². The van der Waals surface area contributed by atoms with Crippen LogP contribution in [0.3, 0.4) is 0 Å². The van der Waals surface area contributed by atoms with Crippen LogP contribution in [0.25, 0.3) is 0 Å². The summed E-state index contributed by atoms with van der Waals surface area (Å²) in [6.45, 7) is 9.51. The quantitative estimate of drug-likeness (QED) is 0.774. The number of ether oxygens (including phenoxy) is 2. The van der Waals surface area contributed by atoms with E-state index in [1.807, 2.05) is 24.3 Å². The molecule has 1 atom stereocenters. The van der Waals surface area contributed by atoms with Crippen LogP contribution in [-0.4, -0.2) is 57.7 Å². The van der Waals surface area contributed by atoms with Gasteiger partial charge in [-0.3, -0.25) is 0 Å². The van der Waals surface area contributed by atoms with Gasteiger partial charge >= 0.3 is 0 Å². The molecular formula is C22H31N2O3+. The number of rotatable bonds is 7. The summed E-state index contributed by atoms with van der Waals surface area (Å²) in [5.41, 5.74) is 4.05. The molecule has 0 unspecified atom stereocenters. The summed E-state index contributed by atoms with van der Waals surface area (Å²) >= 11 is 0. The van der Waals surface area contributed by atoms with Crippen LogP contribution in [0.1, 0.15) is 11.1 Å². The SMILES string of the molecule is COc1ccc(OC[C@@H](O)C[NH+]2CCN(c3c(C)cccc3C)CC2)cc1. The zero-order valence-electron chi connectivity index (χ0n) is 16.6. The number of nitrogens with one attached hydrogen (secondary N) is 1. The Labute approximate surface area is 162 Å². The number of piperazine rings is 1. The highest BCUT2D eigenvalue weighted by molar-refractivity contribution is 5.59. The number of aliphatic hydroxyl groups is 1. The maximum absolute atomic E-state index is 10.4. The number of anilines is 1. The Hall–Kier alpha value is -2.24. The molecule has 0 amide bonds. The fourth-order valence-electron chi connectivity index (χ4n) is 3.81. The molecule has 0 aromatic heterocycles. The van der Waals surface area contributed by atoms with Crippen LogP contribution in [0.15, 0.2) is 42.5 Å². The highest BCUT2D eigenvalue weighted by atomic mass is 16.5. The Morgan fingerprint density at radius 3 is 2.19 bits per heavy atom. The summed E-state index contributed by atoms with van der Waals surface area (Å²) in [5, 5.41) is 10.4. The molecule has 1 aliphatic rings. The molecule has 27 heavy (non-hydrogen) atoms. The summed E-state index contributed by atoms with van der Waals surface area (Å²) in [5.74, 6) is 1.55. The van der Waals surface area contributed by atoms with Crippen molar-refractivity contribution < 1.29 is 19.5 Å². The Balaban J connectivity index is 1.44. The van der Waals surface area contributed by atoms with Crippen molar-refractivity contribution in [1.29, 1.82) is 0 Å². The van der Waals surface area contributed by atoms with Gasteiger partial charge in [-0.15, -0.1) is 0 Å². The molecule has 146 valence electrons. The molecule has 0 saturated carbocycles. The smallest absolute Gasteiger partial charge is 0.137 e. The van der Waals surface area contributed by atoms with E-state index in [-0.39, 0.29) is 0 Å². The van der Waals surface area contributed by atoms with Gasteiger partial charge in [0.25, 0.3) is 0 Å². The second-order valence-electron chi connectivity index (χ2n) is 7.32. The summed E-state index contributed by atoms with van der Waals surface area (Å²) in [6.07, 6.45) is -0.464. The number of methoxy groups -OCH3 is 1. The van der Waals surface area contributed by atoms with Crippen molar-refractivity contribution >= 4 is 5.69 Å². The van der Waals surface area contributed by atoms with E-state index < -0.39 is 6.10 Å². The zero-order valence-corrected chi connectivity index (χ0v) is 16.6. The van der Waals surface area contributed by atoms with E-state index in [9.17, 15) is 5.11 Å². The number of aryl methyl sites for hydroxylation is 2. The van der Waals surface area contributed by atoms with Gasteiger partial charge in [-0.25, -0.2) is 0 Å². The molecule has 0 spiro atoms. The van der Waals surface area contributed by atoms with Crippen LogP contribution in [0.4, 0.5) is 5.69 Å². The molecule has 5 nitrogen and oxygen atoms in total. The van der Waals surface area contributed by atoms with Gasteiger partial charge in [0.1, 0.15) is 30.8 Å². The van der Waals surface area contributed by atoms with E-state index in [1.54, 1.807) is 7.11 Å². The molecule has 2 aromatic rings. The van der Waals surface area contributed by atoms with Crippen molar-refractivity contribution in [2.75, 3.05) is 51.3 Å². The van der Waals surface area contributed by atoms with Crippen LogP contribution in [-0.2, 0) is 0 Å². The van der Waals surface area contributed by atoms with Crippen molar-refractivity contribution in [2.24, 2.45) is 0 Å². The van der Waals surface area contributed by atoms with E-state index in [0.717, 1.165) is 44.2 Å². The number of aliphatic hydroxyl groups excluding tert-OH is 1. The van der Waals surface area contributed by atoms with E-state index in [1.165, 1.54) is 21.7 Å². The standard InChI is InChI=1S/C22H30N2O3/c1-17-5-4-6-18(2)22(17)24-13-11-23(12-14-24)15-19(25)16-27-21-9-7-20(26-3)8-10-21/h4-10,19,25H,11-16H2,1-3H3/p+1/t19-/m0/s1. The summed E-state index contributed by atoms with van der Waals surface area (Å²) in [6, 6.07) is 13.9. The Kier molecular flexibility index (Phi) is 6.58. The Morgan fingerprint density at radius 2 is 1.59 bits per heavy atom. The van der Waals surface area contributed by atoms with Gasteiger partial charge in [0.15, 0.2) is 0 Å². The lowest BCUT2D eigenvalue weighted by Gasteiger charge is -2.36. The van der Waals surface area contributed by atoms with Crippen LogP contribution in [0, 0.1) is 13.8 Å². The molecule has 0 aliphatic carbocycles. The van der Waals surface area contributed by atoms with Gasteiger partial charge in [0, 0.05) is 5.69 Å². The number of benzene rings is 2. The zero-order chi connectivity index (χ0) is 19.2. The highest BCUT2D eigenvalue weighted by Crippen LogP contribution is 2.24. The van der Waals surface area contributed by atoms with E-state index in [4.69, 9.17) is 9.47 Å².